The van der Waals surface area contributed by atoms with Gasteiger partial charge in [0.15, 0.2) is 0 Å². The summed E-state index contributed by atoms with van der Waals surface area (Å²) in [6.07, 6.45) is 1.35. The number of hydrogen-bond acceptors (Lipinski definition) is 3. The second-order valence-electron chi connectivity index (χ2n) is 7.79. The van der Waals surface area contributed by atoms with Gasteiger partial charge in [0.2, 0.25) is 10.0 Å². The molecule has 5 nitrogen and oxygen atoms in total. The molecule has 29 heavy (non-hydrogen) atoms. The number of amides is 1. The van der Waals surface area contributed by atoms with Crippen molar-refractivity contribution in [1.29, 1.82) is 0 Å². The summed E-state index contributed by atoms with van der Waals surface area (Å²) in [6, 6.07) is 12.9. The summed E-state index contributed by atoms with van der Waals surface area (Å²) < 4.78 is 41.6. The standard InChI is InChI=1S/C22H27FN2O3S/c1-16(2)18-7-9-19(10-8-18)29(27,28)24-15-17-11-13-25(14-12-17)22(26)20-5-3-4-6-21(20)23/h3-10,16-17,24H,11-15H2,1-2H3. The molecule has 0 saturated carbocycles. The zero-order valence-electron chi connectivity index (χ0n) is 16.8. The molecule has 0 bridgehead atoms. The van der Waals surface area contributed by atoms with Crippen molar-refractivity contribution >= 4 is 15.9 Å². The molecule has 1 saturated heterocycles. The van der Waals surface area contributed by atoms with Crippen molar-refractivity contribution in [1.82, 2.24) is 9.62 Å². The summed E-state index contributed by atoms with van der Waals surface area (Å²) in [4.78, 5) is 14.4. The van der Waals surface area contributed by atoms with E-state index in [-0.39, 0.29) is 22.3 Å². The number of hydrogen-bond donors (Lipinski definition) is 1. The van der Waals surface area contributed by atoms with Gasteiger partial charge in [-0.3, -0.25) is 4.79 Å². The molecule has 0 aromatic heterocycles. The molecule has 7 heteroatoms. The quantitative estimate of drug-likeness (QED) is 0.776. The van der Waals surface area contributed by atoms with Gasteiger partial charge in [0.1, 0.15) is 5.82 Å². The predicted molar refractivity (Wildman–Crippen MR) is 111 cm³/mol. The Morgan fingerprint density at radius 3 is 2.31 bits per heavy atom. The van der Waals surface area contributed by atoms with Crippen molar-refractivity contribution in [2.45, 2.75) is 37.5 Å². The average molecular weight is 419 g/mol. The van der Waals surface area contributed by atoms with E-state index in [2.05, 4.69) is 18.6 Å². The number of likely N-dealkylation sites (tertiary alicyclic amines) is 1. The van der Waals surface area contributed by atoms with Crippen LogP contribution in [0, 0.1) is 11.7 Å². The first kappa shape index (κ1) is 21.5. The van der Waals surface area contributed by atoms with E-state index in [0.717, 1.165) is 5.56 Å². The highest BCUT2D eigenvalue weighted by Crippen LogP contribution is 2.21. The van der Waals surface area contributed by atoms with Crippen LogP contribution in [0.25, 0.3) is 0 Å². The van der Waals surface area contributed by atoms with Crippen LogP contribution in [0.4, 0.5) is 4.39 Å². The predicted octanol–water partition coefficient (Wildman–Crippen LogP) is 3.78. The van der Waals surface area contributed by atoms with Crippen LogP contribution in [-0.4, -0.2) is 38.9 Å². The zero-order valence-corrected chi connectivity index (χ0v) is 17.6. The molecule has 0 radical (unpaired) electrons. The van der Waals surface area contributed by atoms with Crippen LogP contribution in [0.3, 0.4) is 0 Å². The smallest absolute Gasteiger partial charge is 0.256 e. The molecule has 0 spiro atoms. The van der Waals surface area contributed by atoms with Crippen LogP contribution in [0.5, 0.6) is 0 Å². The summed E-state index contributed by atoms with van der Waals surface area (Å²) in [5.41, 5.74) is 1.17. The van der Waals surface area contributed by atoms with Gasteiger partial charge < -0.3 is 4.90 Å². The van der Waals surface area contributed by atoms with Crippen LogP contribution in [0.2, 0.25) is 0 Å². The minimum absolute atomic E-state index is 0.0801. The molecular weight excluding hydrogens is 391 g/mol. The van der Waals surface area contributed by atoms with Gasteiger partial charge >= 0.3 is 0 Å². The number of nitrogens with one attached hydrogen (secondary N) is 1. The molecule has 156 valence electrons. The lowest BCUT2D eigenvalue weighted by Gasteiger charge is -2.32. The Hall–Kier alpha value is -2.25. The average Bonchev–Trinajstić information content (AvgIpc) is 2.72. The number of benzene rings is 2. The third-order valence-corrected chi connectivity index (χ3v) is 6.86. The van der Waals surface area contributed by atoms with Gasteiger partial charge in [-0.2, -0.15) is 0 Å². The molecule has 1 aliphatic heterocycles. The highest BCUT2D eigenvalue weighted by molar-refractivity contribution is 7.89. The van der Waals surface area contributed by atoms with Crippen LogP contribution in [0.15, 0.2) is 53.4 Å². The number of carbonyl (C=O) groups is 1. The highest BCUT2D eigenvalue weighted by atomic mass is 32.2. The molecule has 1 heterocycles. The maximum absolute atomic E-state index is 13.8. The van der Waals surface area contributed by atoms with Crippen molar-refractivity contribution in [3.63, 3.8) is 0 Å². The lowest BCUT2D eigenvalue weighted by Crippen LogP contribution is -2.41. The Kier molecular flexibility index (Phi) is 6.70. The Balaban J connectivity index is 1.53. The van der Waals surface area contributed by atoms with E-state index >= 15 is 0 Å². The van der Waals surface area contributed by atoms with Gasteiger partial charge in [0, 0.05) is 19.6 Å². The number of carbonyl (C=O) groups excluding carboxylic acids is 1. The van der Waals surface area contributed by atoms with Crippen LogP contribution in [0.1, 0.15) is 48.5 Å². The largest absolute Gasteiger partial charge is 0.339 e. The van der Waals surface area contributed by atoms with E-state index in [1.165, 1.54) is 12.1 Å². The number of sulfonamides is 1. The van der Waals surface area contributed by atoms with Crippen molar-refractivity contribution in [3.8, 4) is 0 Å². The Labute approximate surface area is 172 Å². The molecule has 0 atom stereocenters. The van der Waals surface area contributed by atoms with E-state index in [9.17, 15) is 17.6 Å². The van der Waals surface area contributed by atoms with E-state index in [4.69, 9.17) is 0 Å². The second-order valence-corrected chi connectivity index (χ2v) is 9.56. The van der Waals surface area contributed by atoms with Crippen LogP contribution in [-0.2, 0) is 10.0 Å². The van der Waals surface area contributed by atoms with Crippen molar-refractivity contribution in [2.24, 2.45) is 5.92 Å². The minimum Gasteiger partial charge on any atom is -0.339 e. The molecule has 1 amide bonds. The number of piperidine rings is 1. The van der Waals surface area contributed by atoms with Crippen molar-refractivity contribution < 1.29 is 17.6 Å². The first-order valence-corrected chi connectivity index (χ1v) is 11.4. The van der Waals surface area contributed by atoms with E-state index in [0.29, 0.717) is 38.4 Å². The summed E-state index contributed by atoms with van der Waals surface area (Å²) in [6.45, 7) is 5.43. The number of rotatable bonds is 6. The molecule has 0 aliphatic carbocycles. The lowest BCUT2D eigenvalue weighted by molar-refractivity contribution is 0.0687. The SMILES string of the molecule is CC(C)c1ccc(S(=O)(=O)NCC2CCN(C(=O)c3ccccc3F)CC2)cc1. The number of nitrogens with zero attached hydrogens (tertiary/aromatic N) is 1. The lowest BCUT2D eigenvalue weighted by atomic mass is 9.96. The third kappa shape index (κ3) is 5.22. The Bertz CT molecular complexity index is 950. The normalized spacial score (nSPS) is 15.7. The van der Waals surface area contributed by atoms with E-state index in [1.807, 2.05) is 12.1 Å². The molecule has 0 unspecified atom stereocenters. The van der Waals surface area contributed by atoms with Gasteiger partial charge in [0.25, 0.3) is 5.91 Å². The summed E-state index contributed by atoms with van der Waals surface area (Å²) >= 11 is 0. The first-order valence-electron chi connectivity index (χ1n) is 9.91. The van der Waals surface area contributed by atoms with Crippen LogP contribution < -0.4 is 4.72 Å². The molecule has 2 aromatic carbocycles. The van der Waals surface area contributed by atoms with E-state index < -0.39 is 15.8 Å². The van der Waals surface area contributed by atoms with Gasteiger partial charge in [0.05, 0.1) is 10.5 Å². The van der Waals surface area contributed by atoms with E-state index in [1.54, 1.807) is 29.2 Å². The fourth-order valence-corrected chi connectivity index (χ4v) is 4.60. The topological polar surface area (TPSA) is 66.5 Å². The fourth-order valence-electron chi connectivity index (χ4n) is 3.49. The third-order valence-electron chi connectivity index (χ3n) is 5.43. The molecule has 3 rings (SSSR count). The molecular formula is C22H27FN2O3S. The maximum Gasteiger partial charge on any atom is 0.256 e. The minimum atomic E-state index is -3.56. The first-order chi connectivity index (χ1) is 13.8. The summed E-state index contributed by atoms with van der Waals surface area (Å²) in [7, 11) is -3.56. The van der Waals surface area contributed by atoms with Gasteiger partial charge in [-0.25, -0.2) is 17.5 Å². The Morgan fingerprint density at radius 2 is 1.72 bits per heavy atom. The fraction of sp³-hybridized carbons (Fsp3) is 0.409. The highest BCUT2D eigenvalue weighted by Gasteiger charge is 2.26. The monoisotopic (exact) mass is 418 g/mol. The van der Waals surface area contributed by atoms with Crippen molar-refractivity contribution in [2.75, 3.05) is 19.6 Å². The van der Waals surface area contributed by atoms with Gasteiger partial charge in [-0.05, 0) is 54.5 Å². The second kappa shape index (κ2) is 9.05. The molecule has 1 aliphatic rings. The number of halogens is 1. The van der Waals surface area contributed by atoms with Gasteiger partial charge in [-0.15, -0.1) is 0 Å². The van der Waals surface area contributed by atoms with Crippen LogP contribution >= 0.6 is 0 Å². The maximum atomic E-state index is 13.8. The molecule has 1 fully saturated rings. The van der Waals surface area contributed by atoms with Crippen molar-refractivity contribution in [3.05, 3.63) is 65.5 Å². The zero-order chi connectivity index (χ0) is 21.0. The summed E-state index contributed by atoms with van der Waals surface area (Å²) in [5.74, 6) is -0.343. The molecule has 1 N–H and O–H groups in total. The Morgan fingerprint density at radius 1 is 1.10 bits per heavy atom. The molecule has 2 aromatic rings. The van der Waals surface area contributed by atoms with Gasteiger partial charge in [-0.1, -0.05) is 38.1 Å². The summed E-state index contributed by atoms with van der Waals surface area (Å²) in [5, 5.41) is 0.